The molecule has 0 heterocycles. The summed E-state index contributed by atoms with van der Waals surface area (Å²) < 4.78 is 26.3. The first kappa shape index (κ1) is 18.2. The van der Waals surface area contributed by atoms with Crippen molar-refractivity contribution in [2.75, 3.05) is 15.8 Å². The monoisotopic (exact) mass is 324 g/mol. The summed E-state index contributed by atoms with van der Waals surface area (Å²) in [6.45, 7) is 7.30. The average molecular weight is 324 g/mol. The van der Waals surface area contributed by atoms with E-state index in [0.29, 0.717) is 28.9 Å². The lowest BCUT2D eigenvalue weighted by atomic mass is 10.1. The number of hydrogen-bond acceptors (Lipinski definition) is 3. The molecule has 0 atom stereocenters. The molecule has 0 radical (unpaired) electrons. The number of allylic oxidation sites excluding steroid dienone is 1. The van der Waals surface area contributed by atoms with Crippen LogP contribution in [0.4, 0.5) is 11.4 Å². The maximum absolute atomic E-state index is 12.0. The highest BCUT2D eigenvalue weighted by molar-refractivity contribution is 7.92. The Balaban J connectivity index is 2.99. The Morgan fingerprint density at radius 1 is 1.23 bits per heavy atom. The minimum atomic E-state index is -3.35. The zero-order chi connectivity index (χ0) is 16.8. The fourth-order valence-electron chi connectivity index (χ4n) is 1.99. The summed E-state index contributed by atoms with van der Waals surface area (Å²) in [5, 5.41) is 2.81. The molecule has 1 aromatic carbocycles. The zero-order valence-electron chi connectivity index (χ0n) is 13.6. The number of hydrogen-bond donors (Lipinski definition) is 2. The van der Waals surface area contributed by atoms with Gasteiger partial charge in [-0.3, -0.25) is 9.52 Å². The van der Waals surface area contributed by atoms with Crippen molar-refractivity contribution in [1.82, 2.24) is 0 Å². The number of anilines is 2. The van der Waals surface area contributed by atoms with E-state index in [2.05, 4.69) is 10.0 Å². The molecule has 5 nitrogen and oxygen atoms in total. The van der Waals surface area contributed by atoms with E-state index in [-0.39, 0.29) is 11.7 Å². The van der Waals surface area contributed by atoms with Crippen LogP contribution < -0.4 is 10.0 Å². The van der Waals surface area contributed by atoms with Crippen LogP contribution in [0.3, 0.4) is 0 Å². The molecule has 0 aromatic heterocycles. The van der Waals surface area contributed by atoms with E-state index in [4.69, 9.17) is 0 Å². The van der Waals surface area contributed by atoms with Gasteiger partial charge in [0.25, 0.3) is 5.91 Å². The molecule has 2 N–H and O–H groups in total. The molecule has 0 aliphatic heterocycles. The molecule has 0 bridgehead atoms. The zero-order valence-corrected chi connectivity index (χ0v) is 14.4. The van der Waals surface area contributed by atoms with Crippen molar-refractivity contribution in [2.45, 2.75) is 40.5 Å². The van der Waals surface area contributed by atoms with Crippen LogP contribution in [0.15, 0.2) is 29.8 Å². The second-order valence-corrected chi connectivity index (χ2v) is 6.99. The van der Waals surface area contributed by atoms with Crippen molar-refractivity contribution in [2.24, 2.45) is 0 Å². The Bertz CT molecular complexity index is 664. The van der Waals surface area contributed by atoms with Crippen molar-refractivity contribution >= 4 is 27.3 Å². The summed E-state index contributed by atoms with van der Waals surface area (Å²) >= 11 is 0. The Hall–Kier alpha value is -1.82. The molecule has 1 rings (SSSR count). The predicted molar refractivity (Wildman–Crippen MR) is 91.6 cm³/mol. The number of nitrogens with one attached hydrogen (secondary N) is 2. The van der Waals surface area contributed by atoms with Crippen LogP contribution in [0, 0.1) is 6.92 Å². The molecule has 0 spiro atoms. The van der Waals surface area contributed by atoms with Crippen molar-refractivity contribution in [1.29, 1.82) is 0 Å². The molecule has 0 saturated carbocycles. The van der Waals surface area contributed by atoms with Gasteiger partial charge < -0.3 is 5.32 Å². The van der Waals surface area contributed by atoms with Gasteiger partial charge in [0, 0.05) is 11.3 Å². The Labute approximate surface area is 132 Å². The van der Waals surface area contributed by atoms with Gasteiger partial charge in [0.05, 0.1) is 11.4 Å². The van der Waals surface area contributed by atoms with Crippen molar-refractivity contribution in [3.63, 3.8) is 0 Å². The number of carbonyl (C=O) groups is 1. The summed E-state index contributed by atoms with van der Waals surface area (Å²) in [6.07, 6.45) is 3.18. The van der Waals surface area contributed by atoms with Crippen LogP contribution in [0.1, 0.15) is 39.2 Å². The smallest absolute Gasteiger partial charge is 0.250 e. The molecule has 0 saturated heterocycles. The highest BCUT2D eigenvalue weighted by Gasteiger charge is 2.13. The normalized spacial score (nSPS) is 12.1. The summed E-state index contributed by atoms with van der Waals surface area (Å²) in [7, 11) is -3.35. The standard InChI is InChI=1S/C16H24N2O3S/c1-5-8-12(3)16(19)17-14-9-7-10-15(13(14)4)18-22(20,21)11-6-2/h7-10,18H,5-6,11H2,1-4H3,(H,17,19)/b12-8+. The predicted octanol–water partition coefficient (Wildman–Crippen LogP) is 3.44. The van der Waals surface area contributed by atoms with Crippen molar-refractivity contribution in [3.05, 3.63) is 35.4 Å². The first-order valence-electron chi connectivity index (χ1n) is 7.39. The van der Waals surface area contributed by atoms with Gasteiger partial charge in [-0.2, -0.15) is 0 Å². The lowest BCUT2D eigenvalue weighted by molar-refractivity contribution is -0.112. The molecule has 6 heteroatoms. The van der Waals surface area contributed by atoms with Gasteiger partial charge in [-0.25, -0.2) is 8.42 Å². The number of amides is 1. The third-order valence-corrected chi connectivity index (χ3v) is 4.67. The van der Waals surface area contributed by atoms with Gasteiger partial charge in [0.15, 0.2) is 0 Å². The first-order chi connectivity index (χ1) is 10.3. The molecule has 1 amide bonds. The summed E-state index contributed by atoms with van der Waals surface area (Å²) in [5.74, 6) is -0.111. The van der Waals surface area contributed by atoms with Crippen LogP contribution in [-0.4, -0.2) is 20.1 Å². The van der Waals surface area contributed by atoms with E-state index in [9.17, 15) is 13.2 Å². The van der Waals surface area contributed by atoms with Crippen LogP contribution in [0.25, 0.3) is 0 Å². The fraction of sp³-hybridized carbons (Fsp3) is 0.438. The Kier molecular flexibility index (Phi) is 6.61. The molecular formula is C16H24N2O3S. The van der Waals surface area contributed by atoms with Crippen LogP contribution in [0.2, 0.25) is 0 Å². The lowest BCUT2D eigenvalue weighted by Gasteiger charge is -2.14. The minimum Gasteiger partial charge on any atom is -0.322 e. The SMILES string of the molecule is CC/C=C(\C)C(=O)Nc1cccc(NS(=O)(=O)CCC)c1C. The van der Waals surface area contributed by atoms with Gasteiger partial charge in [-0.05, 0) is 44.4 Å². The largest absolute Gasteiger partial charge is 0.322 e. The molecule has 0 aliphatic rings. The minimum absolute atomic E-state index is 0.0708. The van der Waals surface area contributed by atoms with Gasteiger partial charge in [0.1, 0.15) is 0 Å². The quantitative estimate of drug-likeness (QED) is 0.754. The highest BCUT2D eigenvalue weighted by Crippen LogP contribution is 2.24. The number of rotatable bonds is 7. The maximum Gasteiger partial charge on any atom is 0.250 e. The second-order valence-electron chi connectivity index (χ2n) is 5.15. The number of benzene rings is 1. The second kappa shape index (κ2) is 7.98. The molecule has 122 valence electrons. The van der Waals surface area contributed by atoms with Gasteiger partial charge in [0.2, 0.25) is 10.0 Å². The molecule has 0 aliphatic carbocycles. The molecule has 0 unspecified atom stereocenters. The molecule has 22 heavy (non-hydrogen) atoms. The number of carbonyl (C=O) groups excluding carboxylic acids is 1. The van der Waals surface area contributed by atoms with Crippen LogP contribution >= 0.6 is 0 Å². The topological polar surface area (TPSA) is 75.3 Å². The molecule has 0 fully saturated rings. The third-order valence-electron chi connectivity index (χ3n) is 3.19. The Morgan fingerprint density at radius 2 is 1.86 bits per heavy atom. The highest BCUT2D eigenvalue weighted by atomic mass is 32.2. The van der Waals surface area contributed by atoms with E-state index in [1.54, 1.807) is 32.0 Å². The van der Waals surface area contributed by atoms with Crippen molar-refractivity contribution in [3.8, 4) is 0 Å². The molecular weight excluding hydrogens is 300 g/mol. The van der Waals surface area contributed by atoms with Gasteiger partial charge in [-0.15, -0.1) is 0 Å². The average Bonchev–Trinajstić information content (AvgIpc) is 2.43. The summed E-state index contributed by atoms with van der Waals surface area (Å²) in [6, 6.07) is 5.16. The maximum atomic E-state index is 12.0. The first-order valence-corrected chi connectivity index (χ1v) is 9.04. The Morgan fingerprint density at radius 3 is 2.45 bits per heavy atom. The number of sulfonamides is 1. The van der Waals surface area contributed by atoms with Gasteiger partial charge >= 0.3 is 0 Å². The fourth-order valence-corrected chi connectivity index (χ4v) is 3.18. The lowest BCUT2D eigenvalue weighted by Crippen LogP contribution is -2.18. The van der Waals surface area contributed by atoms with E-state index in [1.165, 1.54) is 0 Å². The third kappa shape index (κ3) is 5.18. The summed E-state index contributed by atoms with van der Waals surface area (Å²) in [4.78, 5) is 12.0. The molecule has 1 aromatic rings. The van der Waals surface area contributed by atoms with Crippen molar-refractivity contribution < 1.29 is 13.2 Å². The summed E-state index contributed by atoms with van der Waals surface area (Å²) in [5.41, 5.74) is 2.42. The van der Waals surface area contributed by atoms with E-state index >= 15 is 0 Å². The van der Waals surface area contributed by atoms with Crippen LogP contribution in [-0.2, 0) is 14.8 Å². The van der Waals surface area contributed by atoms with E-state index in [1.807, 2.05) is 19.9 Å². The van der Waals surface area contributed by atoms with E-state index in [0.717, 1.165) is 6.42 Å². The van der Waals surface area contributed by atoms with Gasteiger partial charge in [-0.1, -0.05) is 26.0 Å². The van der Waals surface area contributed by atoms with E-state index < -0.39 is 10.0 Å². The van der Waals surface area contributed by atoms with Crippen LogP contribution in [0.5, 0.6) is 0 Å².